The normalized spacial score (nSPS) is 14.3. The summed E-state index contributed by atoms with van der Waals surface area (Å²) in [7, 11) is 0. The van der Waals surface area contributed by atoms with Gasteiger partial charge in [-0.05, 0) is 62.9 Å². The van der Waals surface area contributed by atoms with Crippen LogP contribution in [-0.2, 0) is 6.42 Å². The van der Waals surface area contributed by atoms with Crippen molar-refractivity contribution < 1.29 is 17.6 Å². The number of rotatable bonds is 2. The van der Waals surface area contributed by atoms with Gasteiger partial charge in [0.15, 0.2) is 0 Å². The monoisotopic (exact) mass is 491 g/mol. The number of hydrogen-bond donors (Lipinski definition) is 2. The zero-order chi connectivity index (χ0) is 24.7. The van der Waals surface area contributed by atoms with Crippen LogP contribution in [0.5, 0.6) is 0 Å². The van der Waals surface area contributed by atoms with Gasteiger partial charge in [-0.1, -0.05) is 29.5 Å². The van der Waals surface area contributed by atoms with Crippen molar-refractivity contribution in [3.63, 3.8) is 0 Å². The number of anilines is 3. The van der Waals surface area contributed by atoms with E-state index in [9.17, 15) is 17.6 Å². The number of nitrogens with two attached hydrogens (primary N) is 1. The Balaban J connectivity index is 1.90. The van der Waals surface area contributed by atoms with Crippen molar-refractivity contribution in [2.45, 2.75) is 39.3 Å². The van der Waals surface area contributed by atoms with Crippen LogP contribution in [0.4, 0.5) is 35.0 Å². The van der Waals surface area contributed by atoms with Crippen molar-refractivity contribution in [1.29, 1.82) is 0 Å². The van der Waals surface area contributed by atoms with Gasteiger partial charge in [0.2, 0.25) is 5.95 Å². The summed E-state index contributed by atoms with van der Waals surface area (Å²) in [6.07, 6.45) is -2.23. The zero-order valence-electron chi connectivity index (χ0n) is 18.5. The summed E-state index contributed by atoms with van der Waals surface area (Å²) in [6, 6.07) is 7.98. The van der Waals surface area contributed by atoms with E-state index in [1.165, 1.54) is 12.1 Å². The molecule has 10 heteroatoms. The Hall–Kier alpha value is -3.09. The van der Waals surface area contributed by atoms with Crippen LogP contribution in [0.2, 0.25) is 5.02 Å². The van der Waals surface area contributed by atoms with Crippen molar-refractivity contribution in [3.8, 4) is 11.8 Å². The minimum absolute atomic E-state index is 0.0822. The second-order valence-electron chi connectivity index (χ2n) is 8.58. The van der Waals surface area contributed by atoms with E-state index in [1.54, 1.807) is 12.1 Å². The van der Waals surface area contributed by atoms with Gasteiger partial charge in [-0.2, -0.15) is 18.2 Å². The Bertz CT molecular complexity index is 1310. The van der Waals surface area contributed by atoms with E-state index >= 15 is 0 Å². The molecule has 0 atom stereocenters. The number of nitrogens with zero attached hydrogens (tertiary/aromatic N) is 3. The summed E-state index contributed by atoms with van der Waals surface area (Å²) < 4.78 is 54.3. The molecule has 0 spiro atoms. The molecular formula is C24H22ClF4N5. The molecule has 3 aromatic rings. The van der Waals surface area contributed by atoms with Crippen molar-refractivity contribution in [3.05, 3.63) is 52.3 Å². The van der Waals surface area contributed by atoms with Crippen LogP contribution in [0.3, 0.4) is 0 Å². The third-order valence-electron chi connectivity index (χ3n) is 5.82. The van der Waals surface area contributed by atoms with Gasteiger partial charge in [0.1, 0.15) is 17.1 Å². The molecule has 5 nitrogen and oxygen atoms in total. The first-order valence-electron chi connectivity index (χ1n) is 10.6. The molecule has 0 amide bonds. The molecule has 4 rings (SSSR count). The molecule has 0 aliphatic carbocycles. The first kappa shape index (κ1) is 24.0. The standard InChI is InChI=1S/C24H22ClF4N5/c1-23(2,24(27,28)29)10-9-14-6-5-8-20-15(14)7-3-4-11-34(20)21-16-12-18(26)17(25)13-19(16)31-22(32-21)33-30/h5-6,8,12-13H,3-4,7,11,30H2,1-2H3,(H,31,32,33). The second-order valence-corrected chi connectivity index (χ2v) is 8.99. The Morgan fingerprint density at radius 1 is 1.15 bits per heavy atom. The van der Waals surface area contributed by atoms with Crippen LogP contribution in [0, 0.1) is 23.1 Å². The lowest BCUT2D eigenvalue weighted by molar-refractivity contribution is -0.190. The minimum Gasteiger partial charge on any atom is -0.325 e. The largest absolute Gasteiger partial charge is 0.404 e. The molecule has 1 aromatic heterocycles. The average Bonchev–Trinajstić information content (AvgIpc) is 3.00. The number of hydrogen-bond acceptors (Lipinski definition) is 5. The number of fused-ring (bicyclic) bond motifs is 2. The molecule has 1 aliphatic rings. The third-order valence-corrected chi connectivity index (χ3v) is 6.11. The van der Waals surface area contributed by atoms with Crippen LogP contribution in [0.1, 0.15) is 37.8 Å². The van der Waals surface area contributed by atoms with E-state index in [4.69, 9.17) is 17.4 Å². The Kier molecular flexibility index (Phi) is 6.32. The van der Waals surface area contributed by atoms with Crippen LogP contribution in [-0.4, -0.2) is 22.7 Å². The molecule has 0 fully saturated rings. The van der Waals surface area contributed by atoms with Crippen LogP contribution < -0.4 is 16.2 Å². The predicted octanol–water partition coefficient (Wildman–Crippen LogP) is 6.12. The molecule has 178 valence electrons. The molecule has 0 unspecified atom stereocenters. The highest BCUT2D eigenvalue weighted by molar-refractivity contribution is 6.31. The van der Waals surface area contributed by atoms with Gasteiger partial charge in [-0.25, -0.2) is 15.2 Å². The van der Waals surface area contributed by atoms with Gasteiger partial charge < -0.3 is 4.90 Å². The third kappa shape index (κ3) is 4.48. The number of nitrogen functional groups attached to an aromatic ring is 1. The molecule has 2 heterocycles. The van der Waals surface area contributed by atoms with Gasteiger partial charge in [-0.15, -0.1) is 0 Å². The summed E-state index contributed by atoms with van der Waals surface area (Å²) in [5.74, 6) is 10.6. The highest BCUT2D eigenvalue weighted by atomic mass is 35.5. The Labute approximate surface area is 199 Å². The van der Waals surface area contributed by atoms with Crippen LogP contribution >= 0.6 is 11.6 Å². The lowest BCUT2D eigenvalue weighted by atomic mass is 9.92. The quantitative estimate of drug-likeness (QED) is 0.195. The van der Waals surface area contributed by atoms with Crippen molar-refractivity contribution in [2.24, 2.45) is 11.3 Å². The summed E-state index contributed by atoms with van der Waals surface area (Å²) in [5.41, 5.74) is 2.75. The maximum absolute atomic E-state index is 14.4. The minimum atomic E-state index is -4.45. The van der Waals surface area contributed by atoms with Crippen molar-refractivity contribution >= 4 is 40.0 Å². The predicted molar refractivity (Wildman–Crippen MR) is 125 cm³/mol. The van der Waals surface area contributed by atoms with E-state index in [2.05, 4.69) is 27.2 Å². The van der Waals surface area contributed by atoms with Gasteiger partial charge in [-0.3, -0.25) is 5.43 Å². The van der Waals surface area contributed by atoms with E-state index in [1.807, 2.05) is 11.0 Å². The summed E-state index contributed by atoms with van der Waals surface area (Å²) >= 11 is 5.96. The number of halogens is 5. The second kappa shape index (κ2) is 8.93. The average molecular weight is 492 g/mol. The van der Waals surface area contributed by atoms with Crippen molar-refractivity contribution in [2.75, 3.05) is 16.9 Å². The lowest BCUT2D eigenvalue weighted by Crippen LogP contribution is -2.30. The fourth-order valence-electron chi connectivity index (χ4n) is 3.79. The van der Waals surface area contributed by atoms with E-state index in [-0.39, 0.29) is 11.0 Å². The van der Waals surface area contributed by atoms with E-state index in [0.717, 1.165) is 37.9 Å². The van der Waals surface area contributed by atoms with Crippen LogP contribution in [0.25, 0.3) is 10.9 Å². The highest BCUT2D eigenvalue weighted by Crippen LogP contribution is 2.39. The topological polar surface area (TPSA) is 67.1 Å². The van der Waals surface area contributed by atoms with Crippen LogP contribution in [0.15, 0.2) is 30.3 Å². The van der Waals surface area contributed by atoms with Gasteiger partial charge >= 0.3 is 6.18 Å². The van der Waals surface area contributed by atoms with E-state index in [0.29, 0.717) is 35.2 Å². The van der Waals surface area contributed by atoms with Gasteiger partial charge in [0, 0.05) is 23.2 Å². The van der Waals surface area contributed by atoms with Gasteiger partial charge in [0.05, 0.1) is 10.5 Å². The number of hydrazine groups is 1. The smallest absolute Gasteiger partial charge is 0.325 e. The molecule has 1 aliphatic heterocycles. The molecular weight excluding hydrogens is 470 g/mol. The number of alkyl halides is 3. The molecule has 2 aromatic carbocycles. The maximum atomic E-state index is 14.4. The highest BCUT2D eigenvalue weighted by Gasteiger charge is 2.46. The fourth-order valence-corrected chi connectivity index (χ4v) is 3.95. The number of aromatic nitrogens is 2. The maximum Gasteiger partial charge on any atom is 0.404 e. The number of benzene rings is 2. The Morgan fingerprint density at radius 2 is 1.91 bits per heavy atom. The SMILES string of the molecule is CC(C)(C#Cc1cccc2c1CCCCN2c1nc(NN)nc2cc(Cl)c(F)cc12)C(F)(F)F. The van der Waals surface area contributed by atoms with Crippen molar-refractivity contribution in [1.82, 2.24) is 9.97 Å². The fraction of sp³-hybridized carbons (Fsp3) is 0.333. The molecule has 0 bridgehead atoms. The zero-order valence-corrected chi connectivity index (χ0v) is 19.3. The van der Waals surface area contributed by atoms with Gasteiger partial charge in [0.25, 0.3) is 0 Å². The summed E-state index contributed by atoms with van der Waals surface area (Å²) in [5, 5.41) is 0.352. The number of nitrogens with one attached hydrogen (secondary N) is 1. The van der Waals surface area contributed by atoms with E-state index < -0.39 is 17.4 Å². The summed E-state index contributed by atoms with van der Waals surface area (Å²) in [6.45, 7) is 2.67. The molecule has 0 saturated heterocycles. The molecule has 0 saturated carbocycles. The lowest BCUT2D eigenvalue weighted by Gasteiger charge is -2.26. The first-order chi connectivity index (χ1) is 16.0. The molecule has 3 N–H and O–H groups in total. The first-order valence-corrected chi connectivity index (χ1v) is 11.0. The summed E-state index contributed by atoms with van der Waals surface area (Å²) in [4.78, 5) is 10.7. The molecule has 0 radical (unpaired) electrons. The Morgan fingerprint density at radius 3 is 2.62 bits per heavy atom. The molecule has 34 heavy (non-hydrogen) atoms.